The number of amides is 1. The smallest absolute Gasteiger partial charge is 0.271 e. The molecule has 5 nitrogen and oxygen atoms in total. The lowest BCUT2D eigenvalue weighted by atomic mass is 10.4. The molecule has 0 aliphatic rings. The zero-order valence-corrected chi connectivity index (χ0v) is 10.7. The van der Waals surface area contributed by atoms with Crippen LogP contribution in [0, 0.1) is 20.8 Å². The lowest BCUT2D eigenvalue weighted by Crippen LogP contribution is -2.11. The fourth-order valence-electron chi connectivity index (χ4n) is 1.12. The molecule has 2 aromatic heterocycles. The van der Waals surface area contributed by atoms with Crippen LogP contribution in [0.15, 0.2) is 0 Å². The first-order valence-corrected chi connectivity index (χ1v) is 6.21. The monoisotopic (exact) mass is 254 g/mol. The second-order valence-corrected chi connectivity index (χ2v) is 5.26. The number of nitrogens with zero attached hydrogens (tertiary/aromatic N) is 3. The van der Waals surface area contributed by atoms with Crippen molar-refractivity contribution in [3.8, 4) is 0 Å². The molecule has 1 amide bonds. The van der Waals surface area contributed by atoms with E-state index in [1.54, 1.807) is 6.92 Å². The summed E-state index contributed by atoms with van der Waals surface area (Å²) < 4.78 is 3.72. The van der Waals surface area contributed by atoms with Gasteiger partial charge in [0, 0.05) is 4.88 Å². The van der Waals surface area contributed by atoms with Gasteiger partial charge in [-0.1, -0.05) is 4.49 Å². The van der Waals surface area contributed by atoms with Crippen LogP contribution >= 0.6 is 22.9 Å². The van der Waals surface area contributed by atoms with E-state index in [4.69, 9.17) is 0 Å². The van der Waals surface area contributed by atoms with Gasteiger partial charge < -0.3 is 0 Å². The number of aromatic nitrogens is 3. The third-order valence-corrected chi connectivity index (χ3v) is 3.92. The fourth-order valence-corrected chi connectivity index (χ4v) is 2.48. The van der Waals surface area contributed by atoms with Crippen LogP contribution in [-0.4, -0.2) is 20.5 Å². The minimum absolute atomic E-state index is 0.193. The van der Waals surface area contributed by atoms with Crippen molar-refractivity contribution in [1.82, 2.24) is 14.6 Å². The molecule has 1 N–H and O–H groups in total. The Morgan fingerprint density at radius 2 is 2.00 bits per heavy atom. The third kappa shape index (κ3) is 2.10. The maximum Gasteiger partial charge on any atom is 0.271 e. The van der Waals surface area contributed by atoms with E-state index in [0.717, 1.165) is 22.1 Å². The number of hydrogen-bond donors (Lipinski definition) is 1. The molecule has 2 heterocycles. The molecule has 0 aliphatic carbocycles. The number of aryl methyl sites for hydroxylation is 3. The normalized spacial score (nSPS) is 10.4. The average Bonchev–Trinajstić information content (AvgIpc) is 2.74. The molecule has 0 atom stereocenters. The summed E-state index contributed by atoms with van der Waals surface area (Å²) in [5, 5.41) is 7.16. The molecule has 0 saturated carbocycles. The molecular weight excluding hydrogens is 244 g/mol. The Bertz CT molecular complexity index is 512. The predicted molar refractivity (Wildman–Crippen MR) is 64.2 cm³/mol. The van der Waals surface area contributed by atoms with Crippen LogP contribution in [0.4, 0.5) is 5.13 Å². The van der Waals surface area contributed by atoms with Gasteiger partial charge in [0.1, 0.15) is 4.88 Å². The summed E-state index contributed by atoms with van der Waals surface area (Å²) in [5.74, 6) is -0.193. The van der Waals surface area contributed by atoms with E-state index in [1.807, 2.05) is 13.8 Å². The molecule has 84 valence electrons. The van der Waals surface area contributed by atoms with E-state index in [2.05, 4.69) is 19.9 Å². The van der Waals surface area contributed by atoms with Crippen molar-refractivity contribution in [2.24, 2.45) is 0 Å². The van der Waals surface area contributed by atoms with E-state index < -0.39 is 0 Å². The summed E-state index contributed by atoms with van der Waals surface area (Å²) in [6, 6.07) is 0. The summed E-state index contributed by atoms with van der Waals surface area (Å²) in [6.07, 6.45) is 0. The quantitative estimate of drug-likeness (QED) is 0.891. The highest BCUT2D eigenvalue weighted by molar-refractivity contribution is 7.16. The molecule has 2 rings (SSSR count). The van der Waals surface area contributed by atoms with Crippen molar-refractivity contribution < 1.29 is 4.79 Å². The molecule has 0 aliphatic heterocycles. The highest BCUT2D eigenvalue weighted by Gasteiger charge is 2.15. The van der Waals surface area contributed by atoms with Gasteiger partial charge in [0.2, 0.25) is 0 Å². The molecule has 16 heavy (non-hydrogen) atoms. The average molecular weight is 254 g/mol. The van der Waals surface area contributed by atoms with Crippen LogP contribution in [0.3, 0.4) is 0 Å². The number of thiazole rings is 1. The largest absolute Gasteiger partial charge is 0.297 e. The molecule has 0 aromatic carbocycles. The van der Waals surface area contributed by atoms with E-state index in [0.29, 0.717) is 15.7 Å². The van der Waals surface area contributed by atoms with Crippen LogP contribution in [0.25, 0.3) is 0 Å². The van der Waals surface area contributed by atoms with Crippen LogP contribution in [0.1, 0.15) is 25.9 Å². The molecule has 0 unspecified atom stereocenters. The Labute approximate surface area is 101 Å². The molecule has 7 heteroatoms. The minimum Gasteiger partial charge on any atom is -0.297 e. The highest BCUT2D eigenvalue weighted by atomic mass is 32.1. The van der Waals surface area contributed by atoms with Gasteiger partial charge in [-0.05, 0) is 32.3 Å². The van der Waals surface area contributed by atoms with Gasteiger partial charge in [-0.15, -0.1) is 16.4 Å². The van der Waals surface area contributed by atoms with Gasteiger partial charge in [0.25, 0.3) is 5.91 Å². The van der Waals surface area contributed by atoms with Crippen LogP contribution in [-0.2, 0) is 0 Å². The van der Waals surface area contributed by atoms with Gasteiger partial charge >= 0.3 is 0 Å². The van der Waals surface area contributed by atoms with Gasteiger partial charge in [0.15, 0.2) is 5.13 Å². The van der Waals surface area contributed by atoms with Crippen LogP contribution in [0.2, 0.25) is 0 Å². The number of nitrogens with one attached hydrogen (secondary N) is 1. The highest BCUT2D eigenvalue weighted by Crippen LogP contribution is 2.22. The predicted octanol–water partition coefficient (Wildman–Crippen LogP) is 2.17. The van der Waals surface area contributed by atoms with Crippen LogP contribution in [0.5, 0.6) is 0 Å². The van der Waals surface area contributed by atoms with Crippen molar-refractivity contribution in [2.75, 3.05) is 5.32 Å². The molecule has 0 radical (unpaired) electrons. The van der Waals surface area contributed by atoms with Crippen molar-refractivity contribution in [3.63, 3.8) is 0 Å². The maximum atomic E-state index is 11.8. The number of carbonyl (C=O) groups excluding carboxylic acids is 1. The summed E-state index contributed by atoms with van der Waals surface area (Å²) in [6.45, 7) is 5.65. The SMILES string of the molecule is Cc1nc(NC(=O)c2snnc2C)sc1C. The van der Waals surface area contributed by atoms with E-state index in [1.165, 1.54) is 11.3 Å². The topological polar surface area (TPSA) is 67.8 Å². The standard InChI is InChI=1S/C9H10N4OS2/c1-4-6(3)15-9(10-4)11-8(14)7-5(2)12-13-16-7/h1-3H3,(H,10,11,14). The maximum absolute atomic E-state index is 11.8. The van der Waals surface area contributed by atoms with Gasteiger partial charge in [-0.2, -0.15) is 0 Å². The number of carbonyl (C=O) groups is 1. The number of anilines is 1. The number of hydrogen-bond acceptors (Lipinski definition) is 6. The lowest BCUT2D eigenvalue weighted by molar-refractivity contribution is 0.103. The fraction of sp³-hybridized carbons (Fsp3) is 0.333. The third-order valence-electron chi connectivity index (χ3n) is 2.11. The summed E-state index contributed by atoms with van der Waals surface area (Å²) in [5.41, 5.74) is 1.59. The Morgan fingerprint density at radius 3 is 2.50 bits per heavy atom. The molecule has 0 saturated heterocycles. The molecule has 0 spiro atoms. The first-order valence-electron chi connectivity index (χ1n) is 4.62. The van der Waals surface area contributed by atoms with Crippen molar-refractivity contribution in [1.29, 1.82) is 0 Å². The first-order chi connectivity index (χ1) is 7.58. The van der Waals surface area contributed by atoms with E-state index >= 15 is 0 Å². The van der Waals surface area contributed by atoms with E-state index in [9.17, 15) is 4.79 Å². The zero-order chi connectivity index (χ0) is 11.7. The number of rotatable bonds is 2. The summed E-state index contributed by atoms with van der Waals surface area (Å²) >= 11 is 2.56. The second kappa shape index (κ2) is 4.26. The second-order valence-electron chi connectivity index (χ2n) is 3.30. The molecule has 0 bridgehead atoms. The summed E-state index contributed by atoms with van der Waals surface area (Å²) in [4.78, 5) is 17.7. The minimum atomic E-state index is -0.193. The first kappa shape index (κ1) is 11.2. The van der Waals surface area contributed by atoms with Crippen LogP contribution < -0.4 is 5.32 Å². The zero-order valence-electron chi connectivity index (χ0n) is 9.07. The van der Waals surface area contributed by atoms with Crippen molar-refractivity contribution >= 4 is 33.9 Å². The Kier molecular flexibility index (Phi) is 2.97. The summed E-state index contributed by atoms with van der Waals surface area (Å²) in [7, 11) is 0. The van der Waals surface area contributed by atoms with Crippen molar-refractivity contribution in [2.45, 2.75) is 20.8 Å². The Morgan fingerprint density at radius 1 is 1.25 bits per heavy atom. The van der Waals surface area contributed by atoms with Gasteiger partial charge in [-0.25, -0.2) is 4.98 Å². The van der Waals surface area contributed by atoms with Crippen molar-refractivity contribution in [3.05, 3.63) is 21.1 Å². The molecular formula is C9H10N4OS2. The Hall–Kier alpha value is -1.34. The van der Waals surface area contributed by atoms with Gasteiger partial charge in [0.05, 0.1) is 11.4 Å². The van der Waals surface area contributed by atoms with Gasteiger partial charge in [-0.3, -0.25) is 10.1 Å². The molecule has 2 aromatic rings. The Balaban J connectivity index is 2.17. The molecule has 0 fully saturated rings. The lowest BCUT2D eigenvalue weighted by Gasteiger charge is -1.97. The van der Waals surface area contributed by atoms with E-state index in [-0.39, 0.29) is 5.91 Å².